The molecule has 1 atom stereocenters. The van der Waals surface area contributed by atoms with Gasteiger partial charge in [0.15, 0.2) is 0 Å². The largest absolute Gasteiger partial charge is 0.397 e. The highest BCUT2D eigenvalue weighted by Gasteiger charge is 2.16. The first-order chi connectivity index (χ1) is 9.08. The maximum atomic E-state index is 12.0. The van der Waals surface area contributed by atoms with Crippen LogP contribution in [0.3, 0.4) is 0 Å². The molecule has 1 aromatic carbocycles. The zero-order valence-corrected chi connectivity index (χ0v) is 12.7. The van der Waals surface area contributed by atoms with Crippen molar-refractivity contribution in [1.29, 1.82) is 0 Å². The summed E-state index contributed by atoms with van der Waals surface area (Å²) in [6.45, 7) is 0.684. The minimum absolute atomic E-state index is 0.156. The Morgan fingerprint density at radius 2 is 2.21 bits per heavy atom. The highest BCUT2D eigenvalue weighted by molar-refractivity contribution is 7.99. The lowest BCUT2D eigenvalue weighted by atomic mass is 10.1. The molecule has 2 rings (SSSR count). The van der Waals surface area contributed by atoms with Gasteiger partial charge in [-0.2, -0.15) is 11.8 Å². The van der Waals surface area contributed by atoms with Crippen LogP contribution in [0.5, 0.6) is 0 Å². The van der Waals surface area contributed by atoms with Crippen molar-refractivity contribution >= 4 is 46.6 Å². The fraction of sp³-hybridized carbons (Fsp3) is 0.462. The molecule has 1 fully saturated rings. The van der Waals surface area contributed by atoms with Crippen LogP contribution in [-0.2, 0) is 0 Å². The van der Waals surface area contributed by atoms with E-state index in [9.17, 15) is 4.79 Å². The smallest absolute Gasteiger partial charge is 0.251 e. The van der Waals surface area contributed by atoms with Crippen LogP contribution in [0.2, 0.25) is 10.0 Å². The first-order valence-electron chi connectivity index (χ1n) is 6.22. The number of hydrogen-bond acceptors (Lipinski definition) is 3. The second-order valence-electron chi connectivity index (χ2n) is 4.56. The SMILES string of the molecule is Nc1cc(C(=O)NCC2CCCCS2)cc(Cl)c1Cl. The molecule has 3 N–H and O–H groups in total. The number of nitrogens with one attached hydrogen (secondary N) is 1. The predicted molar refractivity (Wildman–Crippen MR) is 83.3 cm³/mol. The van der Waals surface area contributed by atoms with Gasteiger partial charge in [0, 0.05) is 17.4 Å². The normalized spacial score (nSPS) is 19.2. The summed E-state index contributed by atoms with van der Waals surface area (Å²) in [4.78, 5) is 12.0. The molecule has 0 bridgehead atoms. The van der Waals surface area contributed by atoms with Crippen LogP contribution < -0.4 is 11.1 Å². The van der Waals surface area contributed by atoms with Crippen LogP contribution >= 0.6 is 35.0 Å². The molecule has 0 saturated carbocycles. The van der Waals surface area contributed by atoms with Crippen molar-refractivity contribution in [2.24, 2.45) is 0 Å². The zero-order valence-electron chi connectivity index (χ0n) is 10.4. The van der Waals surface area contributed by atoms with Crippen molar-refractivity contribution in [2.75, 3.05) is 18.0 Å². The highest BCUT2D eigenvalue weighted by Crippen LogP contribution is 2.29. The second-order valence-corrected chi connectivity index (χ2v) is 6.75. The number of hydrogen-bond donors (Lipinski definition) is 2. The first kappa shape index (κ1) is 14.8. The Balaban J connectivity index is 1.96. The molecule has 0 aromatic heterocycles. The van der Waals surface area contributed by atoms with Crippen LogP contribution in [0.25, 0.3) is 0 Å². The Bertz CT molecular complexity index is 453. The standard InChI is InChI=1S/C13H16Cl2N2OS/c14-10-5-8(6-11(16)12(10)15)13(18)17-7-9-3-1-2-4-19-9/h5-6,9H,1-4,7,16H2,(H,17,18). The van der Waals surface area contributed by atoms with E-state index in [0.717, 1.165) is 6.42 Å². The van der Waals surface area contributed by atoms with E-state index in [-0.39, 0.29) is 5.91 Å². The zero-order chi connectivity index (χ0) is 13.8. The monoisotopic (exact) mass is 318 g/mol. The molecule has 6 heteroatoms. The topological polar surface area (TPSA) is 55.1 Å². The third kappa shape index (κ3) is 3.94. The van der Waals surface area contributed by atoms with Crippen LogP contribution in [0, 0.1) is 0 Å². The molecule has 0 spiro atoms. The van der Waals surface area contributed by atoms with Gasteiger partial charge in [-0.25, -0.2) is 0 Å². The molecule has 1 unspecified atom stereocenters. The van der Waals surface area contributed by atoms with Crippen molar-refractivity contribution in [3.05, 3.63) is 27.7 Å². The summed E-state index contributed by atoms with van der Waals surface area (Å²) in [5.41, 5.74) is 6.47. The van der Waals surface area contributed by atoms with E-state index in [4.69, 9.17) is 28.9 Å². The van der Waals surface area contributed by atoms with Gasteiger partial charge >= 0.3 is 0 Å². The predicted octanol–water partition coefficient (Wildman–Crippen LogP) is 3.59. The lowest BCUT2D eigenvalue weighted by Crippen LogP contribution is -2.31. The number of rotatable bonds is 3. The Morgan fingerprint density at radius 3 is 2.84 bits per heavy atom. The number of carbonyl (C=O) groups excluding carboxylic acids is 1. The summed E-state index contributed by atoms with van der Waals surface area (Å²) in [7, 11) is 0. The molecule has 1 aliphatic heterocycles. The summed E-state index contributed by atoms with van der Waals surface area (Å²) in [6, 6.07) is 3.10. The number of thioether (sulfide) groups is 1. The van der Waals surface area contributed by atoms with Crippen molar-refractivity contribution in [3.8, 4) is 0 Å². The second kappa shape index (κ2) is 6.73. The van der Waals surface area contributed by atoms with Gasteiger partial charge in [0.2, 0.25) is 0 Å². The maximum absolute atomic E-state index is 12.0. The van der Waals surface area contributed by atoms with E-state index in [1.54, 1.807) is 12.1 Å². The van der Waals surface area contributed by atoms with E-state index < -0.39 is 0 Å². The number of halogens is 2. The molecule has 1 aliphatic rings. The van der Waals surface area contributed by atoms with Gasteiger partial charge in [-0.15, -0.1) is 0 Å². The molecule has 3 nitrogen and oxygen atoms in total. The molecule has 104 valence electrons. The fourth-order valence-corrected chi connectivity index (χ4v) is 3.59. The van der Waals surface area contributed by atoms with Crippen molar-refractivity contribution in [3.63, 3.8) is 0 Å². The van der Waals surface area contributed by atoms with E-state index in [2.05, 4.69) is 5.32 Å². The Kier molecular flexibility index (Phi) is 5.25. The van der Waals surface area contributed by atoms with Crippen LogP contribution in [0.15, 0.2) is 12.1 Å². The first-order valence-corrected chi connectivity index (χ1v) is 8.02. The maximum Gasteiger partial charge on any atom is 0.251 e. The van der Waals surface area contributed by atoms with E-state index >= 15 is 0 Å². The number of nitrogens with two attached hydrogens (primary N) is 1. The van der Waals surface area contributed by atoms with Crippen LogP contribution in [-0.4, -0.2) is 23.5 Å². The average Bonchev–Trinajstić information content (AvgIpc) is 2.42. The Labute approximate surface area is 127 Å². The highest BCUT2D eigenvalue weighted by atomic mass is 35.5. The summed E-state index contributed by atoms with van der Waals surface area (Å²) < 4.78 is 0. The Morgan fingerprint density at radius 1 is 1.42 bits per heavy atom. The van der Waals surface area contributed by atoms with Gasteiger partial charge in [0.25, 0.3) is 5.91 Å². The van der Waals surface area contributed by atoms with E-state index in [1.807, 2.05) is 11.8 Å². The third-order valence-corrected chi connectivity index (χ3v) is 5.30. The summed E-state index contributed by atoms with van der Waals surface area (Å²) in [5.74, 6) is 1.02. The summed E-state index contributed by atoms with van der Waals surface area (Å²) in [6.07, 6.45) is 3.68. The number of anilines is 1. The summed E-state index contributed by atoms with van der Waals surface area (Å²) in [5, 5.41) is 4.03. The quantitative estimate of drug-likeness (QED) is 0.837. The number of carbonyl (C=O) groups is 1. The lowest BCUT2D eigenvalue weighted by Gasteiger charge is -2.21. The van der Waals surface area contributed by atoms with Gasteiger partial charge in [-0.05, 0) is 30.7 Å². The molecule has 0 aliphatic carbocycles. The van der Waals surface area contributed by atoms with Crippen molar-refractivity contribution < 1.29 is 4.79 Å². The lowest BCUT2D eigenvalue weighted by molar-refractivity contribution is 0.0953. The van der Waals surface area contributed by atoms with Crippen LogP contribution in [0.1, 0.15) is 29.6 Å². The minimum Gasteiger partial charge on any atom is -0.397 e. The molecular formula is C13H16Cl2N2OS. The van der Waals surface area contributed by atoms with E-state index in [1.165, 1.54) is 18.6 Å². The van der Waals surface area contributed by atoms with Gasteiger partial charge in [0.05, 0.1) is 15.7 Å². The number of benzene rings is 1. The van der Waals surface area contributed by atoms with Gasteiger partial charge in [0.1, 0.15) is 0 Å². The van der Waals surface area contributed by atoms with E-state index in [0.29, 0.717) is 33.1 Å². The van der Waals surface area contributed by atoms with Crippen LogP contribution in [0.4, 0.5) is 5.69 Å². The number of amides is 1. The fourth-order valence-electron chi connectivity index (χ4n) is 2.02. The van der Waals surface area contributed by atoms with Gasteiger partial charge < -0.3 is 11.1 Å². The molecule has 0 radical (unpaired) electrons. The van der Waals surface area contributed by atoms with Crippen molar-refractivity contribution in [1.82, 2.24) is 5.32 Å². The third-order valence-electron chi connectivity index (χ3n) is 3.08. The number of nitrogen functional groups attached to an aromatic ring is 1. The molecular weight excluding hydrogens is 303 g/mol. The van der Waals surface area contributed by atoms with Gasteiger partial charge in [-0.3, -0.25) is 4.79 Å². The molecule has 19 heavy (non-hydrogen) atoms. The Hall–Kier alpha value is -0.580. The van der Waals surface area contributed by atoms with Gasteiger partial charge in [-0.1, -0.05) is 29.6 Å². The minimum atomic E-state index is -0.156. The average molecular weight is 319 g/mol. The van der Waals surface area contributed by atoms with Crippen molar-refractivity contribution in [2.45, 2.75) is 24.5 Å². The molecule has 1 amide bonds. The molecule has 1 saturated heterocycles. The molecule has 1 aromatic rings. The summed E-state index contributed by atoms with van der Waals surface area (Å²) >= 11 is 13.7. The molecule has 1 heterocycles.